The number of amides is 3. The molecule has 2 bridgehead atoms. The van der Waals surface area contributed by atoms with E-state index in [0.717, 1.165) is 37.0 Å². The lowest BCUT2D eigenvalue weighted by molar-refractivity contribution is -0.154. The number of ether oxygens (including phenoxy) is 3. The number of carbonyl (C=O) groups excluding carboxylic acids is 4. The first-order chi connectivity index (χ1) is 22.4. The Labute approximate surface area is 277 Å². The highest BCUT2D eigenvalue weighted by atomic mass is 16.6. The topological polar surface area (TPSA) is 148 Å². The summed E-state index contributed by atoms with van der Waals surface area (Å²) in [6.07, 6.45) is 12.9. The Bertz CT molecular complexity index is 1410. The van der Waals surface area contributed by atoms with E-state index >= 15 is 0 Å². The third-order valence-electron chi connectivity index (χ3n) is 9.17. The number of nitrogens with one attached hydrogen (secondary N) is 2. The zero-order valence-corrected chi connectivity index (χ0v) is 28.3. The van der Waals surface area contributed by atoms with Gasteiger partial charge in [-0.25, -0.2) is 14.6 Å². The van der Waals surface area contributed by atoms with Crippen LogP contribution in [-0.4, -0.2) is 88.9 Å². The van der Waals surface area contributed by atoms with Crippen molar-refractivity contribution in [1.82, 2.24) is 15.5 Å². The van der Waals surface area contributed by atoms with E-state index in [9.17, 15) is 19.2 Å². The second kappa shape index (κ2) is 14.4. The molecule has 1 saturated carbocycles. The molecule has 2 N–H and O–H groups in total. The van der Waals surface area contributed by atoms with Gasteiger partial charge in [-0.3, -0.25) is 14.6 Å². The number of rotatable bonds is 4. The van der Waals surface area contributed by atoms with Crippen LogP contribution in [0.3, 0.4) is 0 Å². The summed E-state index contributed by atoms with van der Waals surface area (Å²) in [5, 5.41) is 5.82. The summed E-state index contributed by atoms with van der Waals surface area (Å²) in [4.78, 5) is 65.8. The van der Waals surface area contributed by atoms with Crippen LogP contribution in [0.4, 0.5) is 4.79 Å². The van der Waals surface area contributed by atoms with Gasteiger partial charge in [0.15, 0.2) is 0 Å². The van der Waals surface area contributed by atoms with Crippen LogP contribution in [-0.2, 0) is 28.6 Å². The number of hydrogen-bond donors (Lipinski definition) is 2. The molecule has 47 heavy (non-hydrogen) atoms. The van der Waals surface area contributed by atoms with Gasteiger partial charge in [-0.1, -0.05) is 36.6 Å². The Balaban J connectivity index is 1.45. The Hall–Kier alpha value is -3.96. The number of fused-ring (bicyclic) bond motifs is 4. The molecule has 1 unspecified atom stereocenters. The number of allylic oxidation sites excluding steroid dienone is 3. The summed E-state index contributed by atoms with van der Waals surface area (Å²) in [5.74, 6) is -0.966. The fourth-order valence-electron chi connectivity index (χ4n) is 6.88. The summed E-state index contributed by atoms with van der Waals surface area (Å²) < 4.78 is 17.3. The molecule has 5 aliphatic rings. The molecule has 3 amide bonds. The van der Waals surface area contributed by atoms with Crippen molar-refractivity contribution in [2.75, 3.05) is 13.2 Å². The van der Waals surface area contributed by atoms with Crippen molar-refractivity contribution < 1.29 is 33.4 Å². The van der Waals surface area contributed by atoms with E-state index in [2.05, 4.69) is 16.7 Å². The smallest absolute Gasteiger partial charge is 0.408 e. The normalized spacial score (nSPS) is 31.0. The minimum absolute atomic E-state index is 0.0523. The molecule has 0 aromatic carbocycles. The van der Waals surface area contributed by atoms with Crippen molar-refractivity contribution in [3.8, 4) is 0 Å². The predicted molar refractivity (Wildman–Crippen MR) is 177 cm³/mol. The average molecular weight is 652 g/mol. The lowest BCUT2D eigenvalue weighted by Crippen LogP contribution is -2.59. The zero-order chi connectivity index (χ0) is 33.8. The van der Waals surface area contributed by atoms with E-state index in [1.165, 1.54) is 4.90 Å². The quantitative estimate of drug-likeness (QED) is 0.337. The number of nitrogens with zero attached hydrogens (tertiary/aromatic N) is 3. The molecule has 12 nitrogen and oxygen atoms in total. The first-order valence-electron chi connectivity index (χ1n) is 17.0. The van der Waals surface area contributed by atoms with Crippen LogP contribution in [0.5, 0.6) is 0 Å². The van der Waals surface area contributed by atoms with Crippen molar-refractivity contribution in [2.45, 2.75) is 134 Å². The SMILES string of the molecule is CCOC(=O)[C@]12CC/C(=C/CCCCC[C@H](NC(=O)OC(C)(C)C)C(=O)N3C[C@H](OC4=NC5=CC=CCC5N=C4C)C[C@H]3C(=O)N1)C2. The first-order valence-corrected chi connectivity index (χ1v) is 17.0. The predicted octanol–water partition coefficient (Wildman–Crippen LogP) is 4.44. The average Bonchev–Trinajstić information content (AvgIpc) is 3.62. The third-order valence-corrected chi connectivity index (χ3v) is 9.17. The molecule has 3 aliphatic heterocycles. The van der Waals surface area contributed by atoms with Gasteiger partial charge >= 0.3 is 12.1 Å². The molecule has 256 valence electrons. The summed E-state index contributed by atoms with van der Waals surface area (Å²) >= 11 is 0. The zero-order valence-electron chi connectivity index (χ0n) is 28.3. The minimum atomic E-state index is -1.21. The number of hydrogen-bond acceptors (Lipinski definition) is 9. The molecule has 0 spiro atoms. The maximum Gasteiger partial charge on any atom is 0.408 e. The maximum absolute atomic E-state index is 14.3. The molecule has 0 aromatic heterocycles. The fourth-order valence-corrected chi connectivity index (χ4v) is 6.88. The van der Waals surface area contributed by atoms with E-state index in [4.69, 9.17) is 24.2 Å². The Morgan fingerprint density at radius 1 is 1.19 bits per heavy atom. The number of alkyl carbamates (subject to hydrolysis) is 1. The molecule has 0 aromatic rings. The second-order valence-corrected chi connectivity index (χ2v) is 14.1. The number of carbonyl (C=O) groups is 4. The van der Waals surface area contributed by atoms with E-state index < -0.39 is 53.2 Å². The van der Waals surface area contributed by atoms with E-state index in [1.54, 1.807) is 27.7 Å². The largest absolute Gasteiger partial charge is 0.471 e. The summed E-state index contributed by atoms with van der Waals surface area (Å²) in [6, 6.07) is -1.91. The summed E-state index contributed by atoms with van der Waals surface area (Å²) in [7, 11) is 0. The number of esters is 1. The van der Waals surface area contributed by atoms with Gasteiger partial charge in [0, 0.05) is 12.8 Å². The van der Waals surface area contributed by atoms with Crippen LogP contribution in [0.2, 0.25) is 0 Å². The van der Waals surface area contributed by atoms with Crippen molar-refractivity contribution in [3.05, 3.63) is 35.6 Å². The fraction of sp³-hybridized carbons (Fsp3) is 0.657. The highest BCUT2D eigenvalue weighted by Crippen LogP contribution is 2.37. The molecular weight excluding hydrogens is 602 g/mol. The number of aliphatic imine (C=N–C) groups is 2. The van der Waals surface area contributed by atoms with E-state index in [-0.39, 0.29) is 25.6 Å². The molecular formula is C35H49N5O7. The maximum atomic E-state index is 14.3. The highest BCUT2D eigenvalue weighted by molar-refractivity contribution is 6.38. The minimum Gasteiger partial charge on any atom is -0.471 e. The van der Waals surface area contributed by atoms with Gasteiger partial charge in [0.05, 0.1) is 30.6 Å². The van der Waals surface area contributed by atoms with Crippen molar-refractivity contribution in [2.24, 2.45) is 9.98 Å². The van der Waals surface area contributed by atoms with Gasteiger partial charge in [-0.15, -0.1) is 0 Å². The molecule has 1 saturated heterocycles. The molecule has 2 aliphatic carbocycles. The lowest BCUT2D eigenvalue weighted by Gasteiger charge is -2.32. The third kappa shape index (κ3) is 8.31. The van der Waals surface area contributed by atoms with Crippen LogP contribution < -0.4 is 10.6 Å². The van der Waals surface area contributed by atoms with Gasteiger partial charge in [0.25, 0.3) is 0 Å². The van der Waals surface area contributed by atoms with Gasteiger partial charge in [0.1, 0.15) is 29.3 Å². The van der Waals surface area contributed by atoms with E-state index in [1.807, 2.05) is 25.2 Å². The van der Waals surface area contributed by atoms with Gasteiger partial charge in [-0.2, -0.15) is 0 Å². The van der Waals surface area contributed by atoms with Crippen LogP contribution in [0.1, 0.15) is 98.8 Å². The standard InChI is InChI=1S/C35H49N5O7/c1-6-45-32(43)35-18-17-23(20-35)13-9-7-8-10-16-27(38-33(44)47-34(3,4)5)31(42)40-21-24(19-28(40)29(41)39-35)46-30-22(2)36-25-14-11-12-15-26(25)37-30/h11-13,15,24-25,27-28H,6-10,14,16-21H2,1-5H3,(H,38,44)(H,39,41)/b23-13-/t24-,25?,27+,28+,35-/m1/s1. The summed E-state index contributed by atoms with van der Waals surface area (Å²) in [6.45, 7) is 9.15. The Morgan fingerprint density at radius 3 is 2.77 bits per heavy atom. The molecule has 5 rings (SSSR count). The highest BCUT2D eigenvalue weighted by Gasteiger charge is 2.50. The first kappa shape index (κ1) is 34.4. The van der Waals surface area contributed by atoms with Crippen LogP contribution >= 0.6 is 0 Å². The van der Waals surface area contributed by atoms with Crippen LogP contribution in [0.25, 0.3) is 0 Å². The second-order valence-electron chi connectivity index (χ2n) is 14.1. The Kier molecular flexibility index (Phi) is 10.6. The lowest BCUT2D eigenvalue weighted by atomic mass is 9.95. The Morgan fingerprint density at radius 2 is 2.00 bits per heavy atom. The van der Waals surface area contributed by atoms with Crippen molar-refractivity contribution >= 4 is 35.5 Å². The van der Waals surface area contributed by atoms with Crippen molar-refractivity contribution in [3.63, 3.8) is 0 Å². The van der Waals surface area contributed by atoms with E-state index in [0.29, 0.717) is 43.7 Å². The summed E-state index contributed by atoms with van der Waals surface area (Å²) in [5.41, 5.74) is 0.608. The van der Waals surface area contributed by atoms with Crippen LogP contribution in [0, 0.1) is 0 Å². The monoisotopic (exact) mass is 651 g/mol. The van der Waals surface area contributed by atoms with Gasteiger partial charge in [0.2, 0.25) is 17.7 Å². The molecule has 5 atom stereocenters. The van der Waals surface area contributed by atoms with Gasteiger partial charge < -0.3 is 29.7 Å². The molecule has 12 heteroatoms. The molecule has 3 heterocycles. The van der Waals surface area contributed by atoms with Crippen LogP contribution in [0.15, 0.2) is 45.6 Å². The van der Waals surface area contributed by atoms with Crippen molar-refractivity contribution in [1.29, 1.82) is 0 Å². The van der Waals surface area contributed by atoms with Gasteiger partial charge in [-0.05, 0) is 79.2 Å². The molecule has 0 radical (unpaired) electrons. The molecule has 2 fully saturated rings.